The van der Waals surface area contributed by atoms with Crippen LogP contribution in [0.4, 0.5) is 5.82 Å². The predicted molar refractivity (Wildman–Crippen MR) is 86.3 cm³/mol. The second-order valence-electron chi connectivity index (χ2n) is 6.30. The summed E-state index contributed by atoms with van der Waals surface area (Å²) in [6.45, 7) is 7.18. The first-order chi connectivity index (χ1) is 10.0. The van der Waals surface area contributed by atoms with Gasteiger partial charge in [-0.15, -0.1) is 0 Å². The Morgan fingerprint density at radius 3 is 2.86 bits per heavy atom. The fourth-order valence-corrected chi connectivity index (χ4v) is 3.06. The Kier molecular flexibility index (Phi) is 5.21. The van der Waals surface area contributed by atoms with Gasteiger partial charge in [0.15, 0.2) is 0 Å². The van der Waals surface area contributed by atoms with Gasteiger partial charge < -0.3 is 10.6 Å². The second kappa shape index (κ2) is 6.92. The van der Waals surface area contributed by atoms with Crippen LogP contribution in [0.2, 0.25) is 0 Å². The number of amides is 1. The number of nitrogen functional groups attached to an aromatic ring is 1. The largest absolute Gasteiger partial charge is 0.384 e. The molecule has 4 nitrogen and oxygen atoms in total. The lowest BCUT2D eigenvalue weighted by atomic mass is 9.97. The van der Waals surface area contributed by atoms with Crippen molar-refractivity contribution in [3.63, 3.8) is 0 Å². The lowest BCUT2D eigenvalue weighted by Gasteiger charge is -2.36. The number of pyridine rings is 1. The van der Waals surface area contributed by atoms with Crippen molar-refractivity contribution in [3.8, 4) is 0 Å². The molecule has 1 aromatic rings. The fourth-order valence-electron chi connectivity index (χ4n) is 3.06. The standard InChI is InChI=1S/C17H27N3O/c1-4-7-14-8-5-6-9-20(14)17(21)13-10-15(12(2)3)19-16(18)11-13/h10-12,14H,4-9H2,1-3H3,(H2,18,19). The van der Waals surface area contributed by atoms with Crippen molar-refractivity contribution in [1.82, 2.24) is 9.88 Å². The van der Waals surface area contributed by atoms with Gasteiger partial charge >= 0.3 is 0 Å². The monoisotopic (exact) mass is 289 g/mol. The third-order valence-corrected chi connectivity index (χ3v) is 4.21. The van der Waals surface area contributed by atoms with Gasteiger partial charge in [0.1, 0.15) is 5.82 Å². The molecule has 0 saturated carbocycles. The van der Waals surface area contributed by atoms with Gasteiger partial charge in [-0.1, -0.05) is 27.2 Å². The van der Waals surface area contributed by atoms with Gasteiger partial charge in [-0.2, -0.15) is 0 Å². The molecule has 2 heterocycles. The highest BCUT2D eigenvalue weighted by Crippen LogP contribution is 2.24. The van der Waals surface area contributed by atoms with Crippen molar-refractivity contribution >= 4 is 11.7 Å². The van der Waals surface area contributed by atoms with E-state index in [1.165, 1.54) is 6.42 Å². The zero-order chi connectivity index (χ0) is 15.4. The highest BCUT2D eigenvalue weighted by atomic mass is 16.2. The van der Waals surface area contributed by atoms with Crippen LogP contribution in [-0.2, 0) is 0 Å². The molecular weight excluding hydrogens is 262 g/mol. The van der Waals surface area contributed by atoms with E-state index in [9.17, 15) is 4.79 Å². The van der Waals surface area contributed by atoms with Crippen LogP contribution in [0, 0.1) is 0 Å². The molecule has 0 radical (unpaired) electrons. The topological polar surface area (TPSA) is 59.2 Å². The van der Waals surface area contributed by atoms with Crippen LogP contribution in [-0.4, -0.2) is 28.4 Å². The zero-order valence-corrected chi connectivity index (χ0v) is 13.4. The SMILES string of the molecule is CCCC1CCCCN1C(=O)c1cc(N)nc(C(C)C)c1. The molecule has 0 bridgehead atoms. The Morgan fingerprint density at radius 2 is 2.19 bits per heavy atom. The van der Waals surface area contributed by atoms with E-state index in [4.69, 9.17) is 5.73 Å². The summed E-state index contributed by atoms with van der Waals surface area (Å²) in [5, 5.41) is 0. The Balaban J connectivity index is 2.25. The minimum absolute atomic E-state index is 0.115. The molecule has 1 aliphatic heterocycles. The van der Waals surface area contributed by atoms with Crippen molar-refractivity contribution in [3.05, 3.63) is 23.4 Å². The Bertz CT molecular complexity index is 497. The van der Waals surface area contributed by atoms with Crippen molar-refractivity contribution in [1.29, 1.82) is 0 Å². The summed E-state index contributed by atoms with van der Waals surface area (Å²) in [6, 6.07) is 4.00. The van der Waals surface area contributed by atoms with Gasteiger partial charge in [-0.25, -0.2) is 4.98 Å². The molecule has 1 saturated heterocycles. The van der Waals surface area contributed by atoms with E-state index in [-0.39, 0.29) is 11.8 Å². The molecule has 1 unspecified atom stereocenters. The highest BCUT2D eigenvalue weighted by Gasteiger charge is 2.27. The molecule has 4 heteroatoms. The lowest BCUT2D eigenvalue weighted by Crippen LogP contribution is -2.43. The van der Waals surface area contributed by atoms with Crippen molar-refractivity contribution in [2.45, 2.75) is 64.8 Å². The number of hydrogen-bond donors (Lipinski definition) is 1. The third kappa shape index (κ3) is 3.74. The molecule has 2 rings (SSSR count). The normalized spacial score (nSPS) is 19.0. The maximum atomic E-state index is 12.9. The van der Waals surface area contributed by atoms with E-state index in [2.05, 4.69) is 25.8 Å². The number of nitrogens with zero attached hydrogens (tertiary/aromatic N) is 2. The summed E-state index contributed by atoms with van der Waals surface area (Å²) >= 11 is 0. The maximum Gasteiger partial charge on any atom is 0.254 e. The number of anilines is 1. The average Bonchev–Trinajstić information content (AvgIpc) is 2.47. The van der Waals surface area contributed by atoms with E-state index < -0.39 is 0 Å². The van der Waals surface area contributed by atoms with Crippen molar-refractivity contribution in [2.75, 3.05) is 12.3 Å². The smallest absolute Gasteiger partial charge is 0.254 e. The Morgan fingerprint density at radius 1 is 1.43 bits per heavy atom. The number of hydrogen-bond acceptors (Lipinski definition) is 3. The average molecular weight is 289 g/mol. The summed E-state index contributed by atoms with van der Waals surface area (Å²) in [4.78, 5) is 19.2. The zero-order valence-electron chi connectivity index (χ0n) is 13.4. The van der Waals surface area contributed by atoms with E-state index in [1.54, 1.807) is 6.07 Å². The maximum absolute atomic E-state index is 12.9. The molecule has 1 amide bonds. The quantitative estimate of drug-likeness (QED) is 0.921. The predicted octanol–water partition coefficient (Wildman–Crippen LogP) is 3.58. The van der Waals surface area contributed by atoms with E-state index in [0.29, 0.717) is 17.4 Å². The lowest BCUT2D eigenvalue weighted by molar-refractivity contribution is 0.0600. The summed E-state index contributed by atoms with van der Waals surface area (Å²) in [5.74, 6) is 0.825. The summed E-state index contributed by atoms with van der Waals surface area (Å²) in [5.41, 5.74) is 7.46. The molecule has 2 N–H and O–H groups in total. The minimum atomic E-state index is 0.115. The van der Waals surface area contributed by atoms with Gasteiger partial charge in [0.2, 0.25) is 0 Å². The van der Waals surface area contributed by atoms with Crippen LogP contribution in [0.15, 0.2) is 12.1 Å². The van der Waals surface area contributed by atoms with Gasteiger partial charge in [-0.3, -0.25) is 4.79 Å². The van der Waals surface area contributed by atoms with Crippen LogP contribution in [0.25, 0.3) is 0 Å². The minimum Gasteiger partial charge on any atom is -0.384 e. The fraction of sp³-hybridized carbons (Fsp3) is 0.647. The summed E-state index contributed by atoms with van der Waals surface area (Å²) in [7, 11) is 0. The van der Waals surface area contributed by atoms with Crippen molar-refractivity contribution < 1.29 is 4.79 Å². The molecule has 0 aliphatic carbocycles. The first-order valence-electron chi connectivity index (χ1n) is 8.11. The molecule has 1 atom stereocenters. The number of carbonyl (C=O) groups is 1. The van der Waals surface area contributed by atoms with Crippen LogP contribution in [0.1, 0.15) is 74.8 Å². The highest BCUT2D eigenvalue weighted by molar-refractivity contribution is 5.95. The first-order valence-corrected chi connectivity index (χ1v) is 8.11. The summed E-state index contributed by atoms with van der Waals surface area (Å²) in [6.07, 6.45) is 5.65. The van der Waals surface area contributed by atoms with Crippen LogP contribution >= 0.6 is 0 Å². The number of aromatic nitrogens is 1. The molecule has 1 aromatic heterocycles. The second-order valence-corrected chi connectivity index (χ2v) is 6.30. The number of piperidine rings is 1. The van der Waals surface area contributed by atoms with Gasteiger partial charge in [-0.05, 0) is 43.7 Å². The van der Waals surface area contributed by atoms with E-state index >= 15 is 0 Å². The van der Waals surface area contributed by atoms with Crippen molar-refractivity contribution in [2.24, 2.45) is 0 Å². The van der Waals surface area contributed by atoms with Crippen LogP contribution in [0.5, 0.6) is 0 Å². The molecule has 116 valence electrons. The van der Waals surface area contributed by atoms with E-state index in [0.717, 1.165) is 37.9 Å². The number of likely N-dealkylation sites (tertiary alicyclic amines) is 1. The third-order valence-electron chi connectivity index (χ3n) is 4.21. The Labute approximate surface area is 127 Å². The van der Waals surface area contributed by atoms with Gasteiger partial charge in [0.05, 0.1) is 0 Å². The van der Waals surface area contributed by atoms with Crippen LogP contribution < -0.4 is 5.73 Å². The van der Waals surface area contributed by atoms with Gasteiger partial charge in [0.25, 0.3) is 5.91 Å². The molecular formula is C17H27N3O. The molecule has 0 aromatic carbocycles. The van der Waals surface area contributed by atoms with Crippen LogP contribution in [0.3, 0.4) is 0 Å². The molecule has 1 aliphatic rings. The first kappa shape index (κ1) is 15.8. The Hall–Kier alpha value is -1.58. The number of carbonyl (C=O) groups excluding carboxylic acids is 1. The number of nitrogens with two attached hydrogens (primary N) is 1. The van der Waals surface area contributed by atoms with Gasteiger partial charge in [0, 0.05) is 23.8 Å². The molecule has 0 spiro atoms. The van der Waals surface area contributed by atoms with E-state index in [1.807, 2.05) is 11.0 Å². The molecule has 21 heavy (non-hydrogen) atoms. The number of rotatable bonds is 4. The summed E-state index contributed by atoms with van der Waals surface area (Å²) < 4.78 is 0. The molecule has 1 fully saturated rings.